The maximum Gasteiger partial charge on any atom is 0.146 e. The van der Waals surface area contributed by atoms with E-state index in [-0.39, 0.29) is 0 Å². The largest absolute Gasteiger partial charge is 0.353 e. The molecule has 3 heteroatoms. The number of hydrogen-bond acceptors (Lipinski definition) is 3. The number of aromatic nitrogens is 1. The third-order valence-electron chi connectivity index (χ3n) is 3.62. The summed E-state index contributed by atoms with van der Waals surface area (Å²) in [5, 5.41) is 9.32. The van der Waals surface area contributed by atoms with Crippen molar-refractivity contribution in [3.8, 4) is 6.07 Å². The zero-order valence-corrected chi connectivity index (χ0v) is 13.1. The third kappa shape index (κ3) is 4.52. The molecule has 0 aliphatic carbocycles. The summed E-state index contributed by atoms with van der Waals surface area (Å²) in [6, 6.07) is 6.50. The second-order valence-electron chi connectivity index (χ2n) is 5.26. The van der Waals surface area contributed by atoms with E-state index < -0.39 is 0 Å². The van der Waals surface area contributed by atoms with Crippen LogP contribution in [-0.4, -0.2) is 17.6 Å². The van der Waals surface area contributed by atoms with Crippen molar-refractivity contribution in [3.05, 3.63) is 23.9 Å². The Bertz CT molecular complexity index is 416. The zero-order chi connectivity index (χ0) is 14.8. The van der Waals surface area contributed by atoms with Crippen LogP contribution in [0.15, 0.2) is 18.3 Å². The summed E-state index contributed by atoms with van der Waals surface area (Å²) in [5.41, 5.74) is 0.695. The van der Waals surface area contributed by atoms with Crippen molar-refractivity contribution in [2.75, 3.05) is 11.4 Å². The molecule has 0 aliphatic heterocycles. The predicted octanol–water partition coefficient (Wildman–Crippen LogP) is 4.53. The van der Waals surface area contributed by atoms with Crippen LogP contribution >= 0.6 is 0 Å². The second-order valence-corrected chi connectivity index (χ2v) is 5.26. The smallest absolute Gasteiger partial charge is 0.146 e. The average Bonchev–Trinajstić information content (AvgIpc) is 2.48. The zero-order valence-electron chi connectivity index (χ0n) is 13.1. The molecule has 20 heavy (non-hydrogen) atoms. The molecule has 0 bridgehead atoms. The van der Waals surface area contributed by atoms with Gasteiger partial charge in [-0.1, -0.05) is 40.0 Å². The van der Waals surface area contributed by atoms with Crippen LogP contribution < -0.4 is 4.90 Å². The van der Waals surface area contributed by atoms with Crippen LogP contribution in [0, 0.1) is 11.3 Å². The summed E-state index contributed by atoms with van der Waals surface area (Å²) >= 11 is 0. The Kier molecular flexibility index (Phi) is 7.72. The SMILES string of the molecule is CCCCN(c1ncccc1C#N)C(CCC)CCC. The highest BCUT2D eigenvalue weighted by Gasteiger charge is 2.20. The number of nitriles is 1. The minimum Gasteiger partial charge on any atom is -0.353 e. The Balaban J connectivity index is 3.05. The summed E-state index contributed by atoms with van der Waals surface area (Å²) in [6.07, 6.45) is 8.77. The topological polar surface area (TPSA) is 39.9 Å². The summed E-state index contributed by atoms with van der Waals surface area (Å²) in [4.78, 5) is 6.86. The monoisotopic (exact) mass is 273 g/mol. The number of rotatable bonds is 9. The highest BCUT2D eigenvalue weighted by molar-refractivity contribution is 5.54. The van der Waals surface area contributed by atoms with Crippen molar-refractivity contribution in [2.45, 2.75) is 65.3 Å². The van der Waals surface area contributed by atoms with Crippen molar-refractivity contribution in [1.29, 1.82) is 5.26 Å². The van der Waals surface area contributed by atoms with Crippen molar-refractivity contribution in [1.82, 2.24) is 4.98 Å². The molecule has 0 aliphatic rings. The molecule has 0 unspecified atom stereocenters. The van der Waals surface area contributed by atoms with E-state index in [4.69, 9.17) is 0 Å². The molecule has 110 valence electrons. The van der Waals surface area contributed by atoms with E-state index in [1.165, 1.54) is 25.7 Å². The molecular formula is C17H27N3. The van der Waals surface area contributed by atoms with Gasteiger partial charge in [0.05, 0.1) is 5.56 Å². The Hall–Kier alpha value is -1.56. The molecule has 1 aromatic rings. The molecule has 3 nitrogen and oxygen atoms in total. The molecule has 0 saturated carbocycles. The lowest BCUT2D eigenvalue weighted by Crippen LogP contribution is -2.37. The number of hydrogen-bond donors (Lipinski definition) is 0. The fourth-order valence-corrected chi connectivity index (χ4v) is 2.63. The maximum atomic E-state index is 9.32. The van der Waals surface area contributed by atoms with Gasteiger partial charge in [0, 0.05) is 18.8 Å². The molecule has 0 N–H and O–H groups in total. The Morgan fingerprint density at radius 3 is 2.45 bits per heavy atom. The van der Waals surface area contributed by atoms with Gasteiger partial charge in [-0.3, -0.25) is 0 Å². The van der Waals surface area contributed by atoms with Crippen LogP contribution in [0.4, 0.5) is 5.82 Å². The molecule has 0 saturated heterocycles. The molecule has 0 fully saturated rings. The maximum absolute atomic E-state index is 9.32. The standard InChI is InChI=1S/C17H27N3/c1-4-7-13-20(16(9-5-2)10-6-3)17-15(14-18)11-8-12-19-17/h8,11-12,16H,4-7,9-10,13H2,1-3H3. The predicted molar refractivity (Wildman–Crippen MR) is 84.8 cm³/mol. The fourth-order valence-electron chi connectivity index (χ4n) is 2.63. The second kappa shape index (κ2) is 9.36. The highest BCUT2D eigenvalue weighted by Crippen LogP contribution is 2.24. The van der Waals surface area contributed by atoms with E-state index in [1.54, 1.807) is 6.20 Å². The first-order valence-corrected chi connectivity index (χ1v) is 7.90. The lowest BCUT2D eigenvalue weighted by atomic mass is 10.0. The normalized spacial score (nSPS) is 10.6. The van der Waals surface area contributed by atoms with Gasteiger partial charge in [0.15, 0.2) is 0 Å². The lowest BCUT2D eigenvalue weighted by Gasteiger charge is -2.33. The number of nitrogens with zero attached hydrogens (tertiary/aromatic N) is 3. The number of unbranched alkanes of at least 4 members (excludes halogenated alkanes) is 1. The quantitative estimate of drug-likeness (QED) is 0.663. The van der Waals surface area contributed by atoms with Crippen LogP contribution in [0.2, 0.25) is 0 Å². The summed E-state index contributed by atoms with van der Waals surface area (Å²) in [6.45, 7) is 7.65. The van der Waals surface area contributed by atoms with E-state index in [0.717, 1.165) is 25.2 Å². The van der Waals surface area contributed by atoms with Crippen LogP contribution in [0.3, 0.4) is 0 Å². The van der Waals surface area contributed by atoms with Gasteiger partial charge in [-0.25, -0.2) is 4.98 Å². The van der Waals surface area contributed by atoms with E-state index >= 15 is 0 Å². The van der Waals surface area contributed by atoms with Gasteiger partial charge in [0.2, 0.25) is 0 Å². The van der Waals surface area contributed by atoms with E-state index in [9.17, 15) is 5.26 Å². The average molecular weight is 273 g/mol. The van der Waals surface area contributed by atoms with Gasteiger partial charge in [0.1, 0.15) is 11.9 Å². The number of pyridine rings is 1. The first-order chi connectivity index (χ1) is 9.78. The Morgan fingerprint density at radius 2 is 1.90 bits per heavy atom. The Morgan fingerprint density at radius 1 is 1.20 bits per heavy atom. The molecule has 0 atom stereocenters. The van der Waals surface area contributed by atoms with Crippen molar-refractivity contribution in [3.63, 3.8) is 0 Å². The van der Waals surface area contributed by atoms with Crippen LogP contribution in [0.25, 0.3) is 0 Å². The number of anilines is 1. The van der Waals surface area contributed by atoms with E-state index in [0.29, 0.717) is 11.6 Å². The van der Waals surface area contributed by atoms with E-state index in [1.807, 2.05) is 12.1 Å². The van der Waals surface area contributed by atoms with Crippen LogP contribution in [-0.2, 0) is 0 Å². The van der Waals surface area contributed by atoms with E-state index in [2.05, 4.69) is 36.7 Å². The third-order valence-corrected chi connectivity index (χ3v) is 3.62. The summed E-state index contributed by atoms with van der Waals surface area (Å²) in [5.74, 6) is 0.871. The molecule has 0 radical (unpaired) electrons. The van der Waals surface area contributed by atoms with Crippen molar-refractivity contribution in [2.24, 2.45) is 0 Å². The summed E-state index contributed by atoms with van der Waals surface area (Å²) < 4.78 is 0. The van der Waals surface area contributed by atoms with Crippen LogP contribution in [0.1, 0.15) is 64.9 Å². The minimum atomic E-state index is 0.499. The van der Waals surface area contributed by atoms with Crippen molar-refractivity contribution >= 4 is 5.82 Å². The van der Waals surface area contributed by atoms with Gasteiger partial charge in [0.25, 0.3) is 0 Å². The molecular weight excluding hydrogens is 246 g/mol. The Labute approximate surface area is 123 Å². The first-order valence-electron chi connectivity index (χ1n) is 7.90. The van der Waals surface area contributed by atoms with Gasteiger partial charge >= 0.3 is 0 Å². The van der Waals surface area contributed by atoms with Gasteiger partial charge in [-0.15, -0.1) is 0 Å². The van der Waals surface area contributed by atoms with Gasteiger partial charge in [-0.2, -0.15) is 5.26 Å². The molecule has 1 heterocycles. The molecule has 0 amide bonds. The molecule has 1 aromatic heterocycles. The van der Waals surface area contributed by atoms with Crippen molar-refractivity contribution < 1.29 is 0 Å². The van der Waals surface area contributed by atoms with Crippen LogP contribution in [0.5, 0.6) is 0 Å². The van der Waals surface area contributed by atoms with Gasteiger partial charge < -0.3 is 4.90 Å². The lowest BCUT2D eigenvalue weighted by molar-refractivity contribution is 0.493. The highest BCUT2D eigenvalue weighted by atomic mass is 15.2. The van der Waals surface area contributed by atoms with Gasteiger partial charge in [-0.05, 0) is 31.4 Å². The molecule has 0 aromatic carbocycles. The minimum absolute atomic E-state index is 0.499. The molecule has 1 rings (SSSR count). The molecule has 0 spiro atoms. The fraction of sp³-hybridized carbons (Fsp3) is 0.647. The first kappa shape index (κ1) is 16.5. The summed E-state index contributed by atoms with van der Waals surface area (Å²) in [7, 11) is 0.